The molecule has 3 atom stereocenters. The minimum Gasteiger partial charge on any atom is -0.393 e. The lowest BCUT2D eigenvalue weighted by molar-refractivity contribution is 0.0989. The van der Waals surface area contributed by atoms with Gasteiger partial charge in [-0.15, -0.1) is 0 Å². The molecule has 13 heavy (non-hydrogen) atoms. The summed E-state index contributed by atoms with van der Waals surface area (Å²) in [7, 11) is 0. The molecule has 2 unspecified atom stereocenters. The van der Waals surface area contributed by atoms with Gasteiger partial charge < -0.3 is 15.5 Å². The number of aliphatic hydroxyl groups excluding tert-OH is 2. The van der Waals surface area contributed by atoms with Crippen molar-refractivity contribution in [3.63, 3.8) is 0 Å². The summed E-state index contributed by atoms with van der Waals surface area (Å²) >= 11 is 0. The minimum absolute atomic E-state index is 0.0906. The van der Waals surface area contributed by atoms with Gasteiger partial charge in [0.05, 0.1) is 12.2 Å². The second-order valence-corrected chi connectivity index (χ2v) is 4.19. The molecule has 0 saturated heterocycles. The van der Waals surface area contributed by atoms with Crippen LogP contribution in [-0.4, -0.2) is 35.5 Å². The summed E-state index contributed by atoms with van der Waals surface area (Å²) in [5.41, 5.74) is 0. The van der Waals surface area contributed by atoms with Crippen LogP contribution in [0.5, 0.6) is 0 Å². The number of aliphatic hydroxyl groups is 2. The highest BCUT2D eigenvalue weighted by Gasteiger charge is 2.19. The fourth-order valence-electron chi connectivity index (χ4n) is 1.94. The highest BCUT2D eigenvalue weighted by atomic mass is 16.3. The van der Waals surface area contributed by atoms with E-state index in [4.69, 9.17) is 5.11 Å². The first-order chi connectivity index (χ1) is 6.18. The lowest BCUT2D eigenvalue weighted by atomic mass is 9.87. The number of rotatable bonds is 4. The van der Waals surface area contributed by atoms with Crippen LogP contribution in [0.4, 0.5) is 0 Å². The van der Waals surface area contributed by atoms with Gasteiger partial charge in [-0.2, -0.15) is 0 Å². The van der Waals surface area contributed by atoms with E-state index in [0.29, 0.717) is 12.5 Å². The molecule has 1 aliphatic carbocycles. The molecule has 1 fully saturated rings. The first-order valence-electron chi connectivity index (χ1n) is 5.25. The predicted molar refractivity (Wildman–Crippen MR) is 52.5 cm³/mol. The SMILES string of the molecule is C[C@H](O)CNCC1CCCC(O)C1. The van der Waals surface area contributed by atoms with Crippen molar-refractivity contribution in [2.75, 3.05) is 13.1 Å². The number of hydrogen-bond donors (Lipinski definition) is 3. The Hall–Kier alpha value is -0.120. The van der Waals surface area contributed by atoms with Crippen molar-refractivity contribution in [3.8, 4) is 0 Å². The monoisotopic (exact) mass is 187 g/mol. The summed E-state index contributed by atoms with van der Waals surface area (Å²) in [4.78, 5) is 0. The van der Waals surface area contributed by atoms with Crippen LogP contribution >= 0.6 is 0 Å². The van der Waals surface area contributed by atoms with E-state index in [1.165, 1.54) is 6.42 Å². The second-order valence-electron chi connectivity index (χ2n) is 4.19. The Labute approximate surface area is 80.2 Å². The van der Waals surface area contributed by atoms with E-state index < -0.39 is 0 Å². The molecule has 0 aromatic heterocycles. The molecule has 0 aromatic carbocycles. The van der Waals surface area contributed by atoms with Crippen LogP contribution in [0.2, 0.25) is 0 Å². The largest absolute Gasteiger partial charge is 0.393 e. The summed E-state index contributed by atoms with van der Waals surface area (Å²) in [6.07, 6.45) is 3.88. The lowest BCUT2D eigenvalue weighted by Gasteiger charge is -2.26. The Balaban J connectivity index is 2.06. The highest BCUT2D eigenvalue weighted by Crippen LogP contribution is 2.23. The van der Waals surface area contributed by atoms with Crippen molar-refractivity contribution in [1.29, 1.82) is 0 Å². The van der Waals surface area contributed by atoms with Crippen LogP contribution in [0, 0.1) is 5.92 Å². The Bertz CT molecular complexity index is 139. The van der Waals surface area contributed by atoms with Gasteiger partial charge in [0.15, 0.2) is 0 Å². The van der Waals surface area contributed by atoms with Crippen LogP contribution in [0.25, 0.3) is 0 Å². The molecule has 0 amide bonds. The molecule has 78 valence electrons. The molecule has 1 rings (SSSR count). The third kappa shape index (κ3) is 4.60. The quantitative estimate of drug-likeness (QED) is 0.601. The molecule has 0 bridgehead atoms. The van der Waals surface area contributed by atoms with E-state index in [1.807, 2.05) is 0 Å². The third-order valence-corrected chi connectivity index (χ3v) is 2.63. The van der Waals surface area contributed by atoms with Gasteiger partial charge >= 0.3 is 0 Å². The van der Waals surface area contributed by atoms with Gasteiger partial charge in [0.2, 0.25) is 0 Å². The van der Waals surface area contributed by atoms with E-state index in [2.05, 4.69) is 5.32 Å². The van der Waals surface area contributed by atoms with E-state index >= 15 is 0 Å². The van der Waals surface area contributed by atoms with Crippen LogP contribution in [0.3, 0.4) is 0 Å². The molecule has 0 aliphatic heterocycles. The van der Waals surface area contributed by atoms with Gasteiger partial charge in [0.1, 0.15) is 0 Å². The maximum absolute atomic E-state index is 9.41. The van der Waals surface area contributed by atoms with Gasteiger partial charge in [0, 0.05) is 6.54 Å². The maximum Gasteiger partial charge on any atom is 0.0636 e. The van der Waals surface area contributed by atoms with Crippen LogP contribution in [0.1, 0.15) is 32.6 Å². The Kier molecular flexibility index (Phi) is 4.70. The predicted octanol–water partition coefficient (Wildman–Crippen LogP) is 0.508. The first kappa shape index (κ1) is 11.0. The van der Waals surface area contributed by atoms with E-state index in [0.717, 1.165) is 25.8 Å². The van der Waals surface area contributed by atoms with Crippen molar-refractivity contribution in [1.82, 2.24) is 5.32 Å². The Morgan fingerprint density at radius 2 is 2.23 bits per heavy atom. The second kappa shape index (κ2) is 5.58. The minimum atomic E-state index is -0.270. The van der Waals surface area contributed by atoms with Crippen molar-refractivity contribution in [2.24, 2.45) is 5.92 Å². The average molecular weight is 187 g/mol. The normalized spacial score (nSPS) is 31.6. The molecule has 0 heterocycles. The van der Waals surface area contributed by atoms with Gasteiger partial charge in [-0.3, -0.25) is 0 Å². The molecule has 3 heteroatoms. The zero-order chi connectivity index (χ0) is 9.68. The Morgan fingerprint density at radius 1 is 1.46 bits per heavy atom. The first-order valence-corrected chi connectivity index (χ1v) is 5.25. The fourth-order valence-corrected chi connectivity index (χ4v) is 1.94. The summed E-state index contributed by atoms with van der Waals surface area (Å²) in [5.74, 6) is 0.600. The molecule has 3 N–H and O–H groups in total. The average Bonchev–Trinajstić information content (AvgIpc) is 2.03. The van der Waals surface area contributed by atoms with Gasteiger partial charge in [-0.05, 0) is 38.6 Å². The van der Waals surface area contributed by atoms with Gasteiger partial charge in [0.25, 0.3) is 0 Å². The lowest BCUT2D eigenvalue weighted by Crippen LogP contribution is -2.32. The molecular formula is C10H21NO2. The van der Waals surface area contributed by atoms with Crippen molar-refractivity contribution < 1.29 is 10.2 Å². The molecular weight excluding hydrogens is 166 g/mol. The van der Waals surface area contributed by atoms with Crippen LogP contribution < -0.4 is 5.32 Å². The number of nitrogens with one attached hydrogen (secondary N) is 1. The molecule has 0 spiro atoms. The molecule has 1 saturated carbocycles. The Morgan fingerprint density at radius 3 is 2.85 bits per heavy atom. The van der Waals surface area contributed by atoms with Crippen LogP contribution in [-0.2, 0) is 0 Å². The van der Waals surface area contributed by atoms with E-state index in [1.54, 1.807) is 6.92 Å². The summed E-state index contributed by atoms with van der Waals surface area (Å²) in [6, 6.07) is 0. The standard InChI is InChI=1S/C10H21NO2/c1-8(12)6-11-7-9-3-2-4-10(13)5-9/h8-13H,2-7H2,1H3/t8-,9?,10?/m0/s1. The zero-order valence-corrected chi connectivity index (χ0v) is 8.37. The number of hydrogen-bond acceptors (Lipinski definition) is 3. The maximum atomic E-state index is 9.41. The third-order valence-electron chi connectivity index (χ3n) is 2.63. The van der Waals surface area contributed by atoms with Crippen molar-refractivity contribution in [2.45, 2.75) is 44.8 Å². The summed E-state index contributed by atoms with van der Waals surface area (Å²) < 4.78 is 0. The van der Waals surface area contributed by atoms with Crippen LogP contribution in [0.15, 0.2) is 0 Å². The fraction of sp³-hybridized carbons (Fsp3) is 1.00. The van der Waals surface area contributed by atoms with Gasteiger partial charge in [-0.25, -0.2) is 0 Å². The molecule has 3 nitrogen and oxygen atoms in total. The topological polar surface area (TPSA) is 52.5 Å². The van der Waals surface area contributed by atoms with E-state index in [9.17, 15) is 5.11 Å². The highest BCUT2D eigenvalue weighted by molar-refractivity contribution is 4.73. The molecule has 1 aliphatic rings. The van der Waals surface area contributed by atoms with Crippen molar-refractivity contribution >= 4 is 0 Å². The molecule has 0 aromatic rings. The smallest absolute Gasteiger partial charge is 0.0636 e. The van der Waals surface area contributed by atoms with Crippen molar-refractivity contribution in [3.05, 3.63) is 0 Å². The van der Waals surface area contributed by atoms with Gasteiger partial charge in [-0.1, -0.05) is 6.42 Å². The van der Waals surface area contributed by atoms with E-state index in [-0.39, 0.29) is 12.2 Å². The molecule has 0 radical (unpaired) electrons. The zero-order valence-electron chi connectivity index (χ0n) is 8.37. The summed E-state index contributed by atoms with van der Waals surface area (Å²) in [5, 5.41) is 21.6. The summed E-state index contributed by atoms with van der Waals surface area (Å²) in [6.45, 7) is 3.37.